The molecule has 1 heterocycles. The summed E-state index contributed by atoms with van der Waals surface area (Å²) in [7, 11) is -2.06. The van der Waals surface area contributed by atoms with Gasteiger partial charge in [0.25, 0.3) is 0 Å². The maximum atomic E-state index is 12.3. The minimum absolute atomic E-state index is 0.190. The Morgan fingerprint density at radius 3 is 2.70 bits per heavy atom. The highest BCUT2D eigenvalue weighted by atomic mass is 32.2. The Labute approximate surface area is 121 Å². The molecular weight excluding hydrogens is 278 g/mol. The molecule has 0 spiro atoms. The molecule has 0 aliphatic heterocycles. The van der Waals surface area contributed by atoms with Gasteiger partial charge in [0, 0.05) is 25.9 Å². The number of aromatic nitrogens is 1. The van der Waals surface area contributed by atoms with Crippen LogP contribution >= 0.6 is 0 Å². The zero-order valence-corrected chi connectivity index (χ0v) is 13.3. The molecule has 0 radical (unpaired) electrons. The second-order valence-corrected chi connectivity index (χ2v) is 6.91. The van der Waals surface area contributed by atoms with E-state index in [1.54, 1.807) is 13.8 Å². The first-order valence-corrected chi connectivity index (χ1v) is 8.02. The molecule has 114 valence electrons. The van der Waals surface area contributed by atoms with Crippen LogP contribution in [0.25, 0.3) is 0 Å². The first-order valence-electron chi connectivity index (χ1n) is 6.53. The molecule has 0 bridgehead atoms. The van der Waals surface area contributed by atoms with Gasteiger partial charge in [-0.25, -0.2) is 18.1 Å². The molecular formula is C13H23N3O3S. The van der Waals surface area contributed by atoms with Gasteiger partial charge in [-0.2, -0.15) is 0 Å². The maximum absolute atomic E-state index is 12.3. The van der Waals surface area contributed by atoms with Gasteiger partial charge in [0.15, 0.2) is 0 Å². The van der Waals surface area contributed by atoms with E-state index in [0.29, 0.717) is 5.82 Å². The standard InChI is InChI=1S/C13H23N3O3S/c1-5-7-14-12-9-11(6-8-15-12)20(17,18)16-13(2,3)10-19-4/h6,8-9,16H,5,7,10H2,1-4H3,(H,14,15). The molecule has 1 aromatic heterocycles. The van der Waals surface area contributed by atoms with Crippen LogP contribution in [-0.4, -0.2) is 39.2 Å². The van der Waals surface area contributed by atoms with Crippen LogP contribution in [0, 0.1) is 0 Å². The summed E-state index contributed by atoms with van der Waals surface area (Å²) in [5, 5.41) is 3.07. The zero-order valence-electron chi connectivity index (χ0n) is 12.4. The number of methoxy groups -OCH3 is 1. The number of hydrogen-bond donors (Lipinski definition) is 2. The lowest BCUT2D eigenvalue weighted by Crippen LogP contribution is -2.46. The van der Waals surface area contributed by atoms with Crippen molar-refractivity contribution in [2.45, 2.75) is 37.6 Å². The Kier molecular flexibility index (Phi) is 5.91. The number of nitrogens with zero attached hydrogens (tertiary/aromatic N) is 1. The third-order valence-electron chi connectivity index (χ3n) is 2.51. The smallest absolute Gasteiger partial charge is 0.241 e. The molecule has 0 saturated heterocycles. The number of ether oxygens (including phenoxy) is 1. The van der Waals surface area contributed by atoms with Crippen molar-refractivity contribution in [1.82, 2.24) is 9.71 Å². The van der Waals surface area contributed by atoms with Crippen molar-refractivity contribution in [2.24, 2.45) is 0 Å². The molecule has 0 fully saturated rings. The van der Waals surface area contributed by atoms with Gasteiger partial charge in [-0.1, -0.05) is 6.92 Å². The molecule has 0 saturated carbocycles. The van der Waals surface area contributed by atoms with Crippen LogP contribution < -0.4 is 10.0 Å². The second kappa shape index (κ2) is 7.01. The minimum atomic E-state index is -3.60. The summed E-state index contributed by atoms with van der Waals surface area (Å²) in [5.41, 5.74) is -0.673. The Bertz CT molecular complexity index is 529. The summed E-state index contributed by atoms with van der Waals surface area (Å²) in [6, 6.07) is 3.00. The van der Waals surface area contributed by atoms with Crippen molar-refractivity contribution in [3.8, 4) is 0 Å². The lowest BCUT2D eigenvalue weighted by molar-refractivity contribution is 0.141. The summed E-state index contributed by atoms with van der Waals surface area (Å²) in [5.74, 6) is 0.555. The van der Waals surface area contributed by atoms with Gasteiger partial charge in [0.05, 0.1) is 17.0 Å². The Balaban J connectivity index is 2.92. The van der Waals surface area contributed by atoms with E-state index in [9.17, 15) is 8.42 Å². The average Bonchev–Trinajstić information content (AvgIpc) is 2.35. The fourth-order valence-corrected chi connectivity index (χ4v) is 3.15. The van der Waals surface area contributed by atoms with Gasteiger partial charge in [0.2, 0.25) is 10.0 Å². The number of pyridine rings is 1. The molecule has 0 aliphatic rings. The molecule has 6 nitrogen and oxygen atoms in total. The number of rotatable bonds is 8. The lowest BCUT2D eigenvalue weighted by atomic mass is 10.1. The first kappa shape index (κ1) is 16.9. The number of anilines is 1. The molecule has 1 rings (SSSR count). The van der Waals surface area contributed by atoms with Gasteiger partial charge in [-0.05, 0) is 26.3 Å². The van der Waals surface area contributed by atoms with Gasteiger partial charge in [-0.3, -0.25) is 0 Å². The monoisotopic (exact) mass is 301 g/mol. The van der Waals surface area contributed by atoms with Crippen LogP contribution in [0.15, 0.2) is 23.2 Å². The predicted molar refractivity (Wildman–Crippen MR) is 79.3 cm³/mol. The molecule has 20 heavy (non-hydrogen) atoms. The van der Waals surface area contributed by atoms with Crippen LogP contribution in [0.2, 0.25) is 0 Å². The van der Waals surface area contributed by atoms with Crippen LogP contribution in [0.3, 0.4) is 0 Å². The fourth-order valence-electron chi connectivity index (χ4n) is 1.74. The third-order valence-corrected chi connectivity index (χ3v) is 4.21. The van der Waals surface area contributed by atoms with Crippen LogP contribution in [0.4, 0.5) is 5.82 Å². The highest BCUT2D eigenvalue weighted by Crippen LogP contribution is 2.15. The van der Waals surface area contributed by atoms with E-state index in [1.165, 1.54) is 25.4 Å². The third kappa shape index (κ3) is 5.07. The molecule has 0 unspecified atom stereocenters. The molecule has 0 aromatic carbocycles. The van der Waals surface area contributed by atoms with Crippen molar-refractivity contribution < 1.29 is 13.2 Å². The molecule has 1 aromatic rings. The summed E-state index contributed by atoms with van der Waals surface area (Å²) in [6.45, 7) is 6.61. The minimum Gasteiger partial charge on any atom is -0.383 e. The van der Waals surface area contributed by atoms with E-state index in [2.05, 4.69) is 15.0 Å². The van der Waals surface area contributed by atoms with Gasteiger partial charge in [0.1, 0.15) is 5.82 Å². The van der Waals surface area contributed by atoms with Crippen LogP contribution in [0.5, 0.6) is 0 Å². The van der Waals surface area contributed by atoms with Crippen molar-refractivity contribution in [3.05, 3.63) is 18.3 Å². The summed E-state index contributed by atoms with van der Waals surface area (Å²) < 4.78 is 32.3. The fraction of sp³-hybridized carbons (Fsp3) is 0.615. The number of sulfonamides is 1. The molecule has 0 aliphatic carbocycles. The zero-order chi connectivity index (χ0) is 15.2. The van der Waals surface area contributed by atoms with Crippen molar-refractivity contribution in [2.75, 3.05) is 25.6 Å². The molecule has 7 heteroatoms. The van der Waals surface area contributed by atoms with E-state index in [-0.39, 0.29) is 11.5 Å². The van der Waals surface area contributed by atoms with Crippen LogP contribution in [-0.2, 0) is 14.8 Å². The maximum Gasteiger partial charge on any atom is 0.241 e. The van der Waals surface area contributed by atoms with E-state index in [1.807, 2.05) is 6.92 Å². The van der Waals surface area contributed by atoms with E-state index < -0.39 is 15.6 Å². The Morgan fingerprint density at radius 2 is 2.10 bits per heavy atom. The van der Waals surface area contributed by atoms with E-state index in [0.717, 1.165) is 13.0 Å². The van der Waals surface area contributed by atoms with Crippen molar-refractivity contribution in [1.29, 1.82) is 0 Å². The average molecular weight is 301 g/mol. The van der Waals surface area contributed by atoms with Gasteiger partial charge in [-0.15, -0.1) is 0 Å². The SMILES string of the molecule is CCCNc1cc(S(=O)(=O)NC(C)(C)COC)ccn1. The van der Waals surface area contributed by atoms with Crippen molar-refractivity contribution >= 4 is 15.8 Å². The Hall–Kier alpha value is -1.18. The van der Waals surface area contributed by atoms with Crippen molar-refractivity contribution in [3.63, 3.8) is 0 Å². The normalized spacial score (nSPS) is 12.4. The molecule has 2 N–H and O–H groups in total. The quantitative estimate of drug-likeness (QED) is 0.762. The Morgan fingerprint density at radius 1 is 1.40 bits per heavy atom. The highest BCUT2D eigenvalue weighted by Gasteiger charge is 2.26. The topological polar surface area (TPSA) is 80.3 Å². The van der Waals surface area contributed by atoms with E-state index in [4.69, 9.17) is 4.74 Å². The molecule has 0 atom stereocenters. The summed E-state index contributed by atoms with van der Waals surface area (Å²) in [6.07, 6.45) is 2.42. The van der Waals surface area contributed by atoms with Gasteiger partial charge < -0.3 is 10.1 Å². The lowest BCUT2D eigenvalue weighted by Gasteiger charge is -2.25. The highest BCUT2D eigenvalue weighted by molar-refractivity contribution is 7.89. The first-order chi connectivity index (χ1) is 9.30. The number of hydrogen-bond acceptors (Lipinski definition) is 5. The second-order valence-electron chi connectivity index (χ2n) is 5.23. The molecule has 0 amide bonds. The largest absolute Gasteiger partial charge is 0.383 e. The summed E-state index contributed by atoms with van der Waals surface area (Å²) in [4.78, 5) is 4.29. The van der Waals surface area contributed by atoms with E-state index >= 15 is 0 Å². The van der Waals surface area contributed by atoms with Crippen LogP contribution in [0.1, 0.15) is 27.2 Å². The number of nitrogens with one attached hydrogen (secondary N) is 2. The summed E-state index contributed by atoms with van der Waals surface area (Å²) >= 11 is 0. The van der Waals surface area contributed by atoms with Gasteiger partial charge >= 0.3 is 0 Å². The predicted octanol–water partition coefficient (Wildman–Crippen LogP) is 1.61.